The SMILES string of the molecule is CCCC.Cc1cccc(-c2cccc(-c3cn(-c4cccc5c4CCCC5)c(-c4ccccc4C(C)(C)[C@@H](C)F)n3)c2)n1. The largest absolute Gasteiger partial charge is 0.299 e. The molecule has 0 saturated carbocycles. The minimum absolute atomic E-state index is 0.666. The van der Waals surface area contributed by atoms with E-state index in [1.54, 1.807) is 6.92 Å². The van der Waals surface area contributed by atoms with Crippen LogP contribution in [0, 0.1) is 6.92 Å². The number of alkyl halides is 1. The van der Waals surface area contributed by atoms with E-state index in [1.165, 1.54) is 42.5 Å². The van der Waals surface area contributed by atoms with Gasteiger partial charge in [-0.05, 0) is 80.5 Å². The third kappa shape index (κ3) is 6.55. The molecule has 1 atom stereocenters. The van der Waals surface area contributed by atoms with Gasteiger partial charge in [0.05, 0.1) is 17.1 Å². The zero-order chi connectivity index (χ0) is 31.3. The summed E-state index contributed by atoms with van der Waals surface area (Å²) >= 11 is 0. The van der Waals surface area contributed by atoms with Gasteiger partial charge in [0, 0.05) is 34.0 Å². The number of hydrogen-bond donors (Lipinski definition) is 0. The number of hydrogen-bond acceptors (Lipinski definition) is 2. The number of halogens is 1. The van der Waals surface area contributed by atoms with Gasteiger partial charge in [0.2, 0.25) is 0 Å². The minimum atomic E-state index is -1.01. The number of rotatable bonds is 7. The van der Waals surface area contributed by atoms with E-state index < -0.39 is 11.6 Å². The van der Waals surface area contributed by atoms with Gasteiger partial charge in [-0.1, -0.05) is 101 Å². The highest BCUT2D eigenvalue weighted by atomic mass is 19.1. The summed E-state index contributed by atoms with van der Waals surface area (Å²) in [6.45, 7) is 12.0. The van der Waals surface area contributed by atoms with Crippen LogP contribution in [0.3, 0.4) is 0 Å². The van der Waals surface area contributed by atoms with Gasteiger partial charge in [-0.3, -0.25) is 9.55 Å². The maximum Gasteiger partial charge on any atom is 0.145 e. The third-order valence-electron chi connectivity index (χ3n) is 9.04. The minimum Gasteiger partial charge on any atom is -0.299 e. The van der Waals surface area contributed by atoms with Crippen molar-refractivity contribution in [1.29, 1.82) is 0 Å². The van der Waals surface area contributed by atoms with Crippen LogP contribution in [0.4, 0.5) is 4.39 Å². The lowest BCUT2D eigenvalue weighted by molar-refractivity contribution is 0.237. The van der Waals surface area contributed by atoms with E-state index >= 15 is 0 Å². The van der Waals surface area contributed by atoms with Gasteiger partial charge >= 0.3 is 0 Å². The molecule has 2 aromatic heterocycles. The lowest BCUT2D eigenvalue weighted by atomic mass is 9.78. The van der Waals surface area contributed by atoms with E-state index in [9.17, 15) is 4.39 Å². The Morgan fingerprint density at radius 1 is 0.795 bits per heavy atom. The van der Waals surface area contributed by atoms with Gasteiger partial charge in [-0.15, -0.1) is 0 Å². The predicted molar refractivity (Wildman–Crippen MR) is 183 cm³/mol. The Labute approximate surface area is 263 Å². The summed E-state index contributed by atoms with van der Waals surface area (Å²) in [7, 11) is 0. The summed E-state index contributed by atoms with van der Waals surface area (Å²) in [6, 6.07) is 29.3. The van der Waals surface area contributed by atoms with Crippen molar-refractivity contribution in [3.8, 4) is 39.6 Å². The van der Waals surface area contributed by atoms with Gasteiger partial charge in [0.15, 0.2) is 0 Å². The molecule has 0 bridgehead atoms. The highest BCUT2D eigenvalue weighted by Gasteiger charge is 2.32. The summed E-state index contributed by atoms with van der Waals surface area (Å²) in [4.78, 5) is 10.0. The maximum atomic E-state index is 15.0. The second kappa shape index (κ2) is 13.7. The first-order valence-electron chi connectivity index (χ1n) is 16.2. The molecule has 0 unspecified atom stereocenters. The number of nitrogens with zero attached hydrogens (tertiary/aromatic N) is 3. The summed E-state index contributed by atoms with van der Waals surface area (Å²) < 4.78 is 17.2. The van der Waals surface area contributed by atoms with E-state index in [0.717, 1.165) is 58.0 Å². The fraction of sp³-hybridized carbons (Fsp3) is 0.350. The van der Waals surface area contributed by atoms with Crippen molar-refractivity contribution in [2.24, 2.45) is 0 Å². The van der Waals surface area contributed by atoms with Crippen LogP contribution in [0.5, 0.6) is 0 Å². The summed E-state index contributed by atoms with van der Waals surface area (Å²) in [6.07, 6.45) is 8.36. The van der Waals surface area contributed by atoms with Crippen molar-refractivity contribution in [3.05, 3.63) is 114 Å². The van der Waals surface area contributed by atoms with Gasteiger partial charge in [0.25, 0.3) is 0 Å². The molecule has 3 aromatic carbocycles. The van der Waals surface area contributed by atoms with E-state index in [1.807, 2.05) is 51.1 Å². The summed E-state index contributed by atoms with van der Waals surface area (Å²) in [5.74, 6) is 0.845. The second-order valence-electron chi connectivity index (χ2n) is 12.6. The first kappa shape index (κ1) is 31.4. The highest BCUT2D eigenvalue weighted by Crippen LogP contribution is 2.39. The lowest BCUT2D eigenvalue weighted by Gasteiger charge is -2.29. The van der Waals surface area contributed by atoms with Crippen LogP contribution in [0.2, 0.25) is 0 Å². The molecule has 5 aromatic rings. The highest BCUT2D eigenvalue weighted by molar-refractivity contribution is 5.74. The fourth-order valence-corrected chi connectivity index (χ4v) is 5.88. The molecule has 3 nitrogen and oxygen atoms in total. The summed E-state index contributed by atoms with van der Waals surface area (Å²) in [5.41, 5.74) is 10.2. The molecule has 0 fully saturated rings. The van der Waals surface area contributed by atoms with Crippen molar-refractivity contribution in [2.75, 3.05) is 0 Å². The molecule has 6 rings (SSSR count). The van der Waals surface area contributed by atoms with E-state index in [2.05, 4.69) is 79.2 Å². The number of aromatic nitrogens is 3. The molecule has 4 heteroatoms. The monoisotopic (exact) mass is 587 g/mol. The molecule has 1 aliphatic rings. The average molecular weight is 588 g/mol. The molecule has 0 spiro atoms. The number of pyridine rings is 1. The molecule has 0 saturated heterocycles. The Bertz CT molecular complexity index is 1710. The molecule has 0 radical (unpaired) electrons. The fourth-order valence-electron chi connectivity index (χ4n) is 5.88. The second-order valence-corrected chi connectivity index (χ2v) is 12.6. The topological polar surface area (TPSA) is 30.7 Å². The quantitative estimate of drug-likeness (QED) is 0.190. The first-order chi connectivity index (χ1) is 21.2. The van der Waals surface area contributed by atoms with Crippen LogP contribution < -0.4 is 0 Å². The molecule has 0 aliphatic heterocycles. The van der Waals surface area contributed by atoms with Crippen molar-refractivity contribution >= 4 is 0 Å². The van der Waals surface area contributed by atoms with Gasteiger partial charge in [-0.2, -0.15) is 0 Å². The average Bonchev–Trinajstić information content (AvgIpc) is 3.50. The number of aryl methyl sites for hydroxylation is 2. The van der Waals surface area contributed by atoms with Crippen LogP contribution in [0.25, 0.3) is 39.6 Å². The van der Waals surface area contributed by atoms with Crippen molar-refractivity contribution in [3.63, 3.8) is 0 Å². The number of benzene rings is 3. The van der Waals surface area contributed by atoms with Gasteiger partial charge in [0.1, 0.15) is 12.0 Å². The van der Waals surface area contributed by atoms with Crippen molar-refractivity contribution in [2.45, 2.75) is 91.7 Å². The normalized spacial score (nSPS) is 13.5. The molecule has 1 aliphatic carbocycles. The molecule has 44 heavy (non-hydrogen) atoms. The van der Waals surface area contributed by atoms with E-state index in [-0.39, 0.29) is 0 Å². The Balaban J connectivity index is 0.000000906. The maximum absolute atomic E-state index is 15.0. The smallest absolute Gasteiger partial charge is 0.145 e. The molecule has 2 heterocycles. The standard InChI is InChI=1S/C36H36FN3.C4H10/c1-24-12-9-20-32(38-24)27-15-10-16-28(22-27)33-23-40(34-21-11-14-26-13-5-6-17-29(26)34)35(39-33)30-18-7-8-19-31(30)36(3,4)25(2)37;1-3-4-2/h7-12,14-16,18-23,25H,5-6,13,17H2,1-4H3;3-4H2,1-2H3/t25-;/m1./s1. The Kier molecular flexibility index (Phi) is 9.78. The van der Waals surface area contributed by atoms with Crippen LogP contribution in [0.15, 0.2) is 91.1 Å². The first-order valence-corrected chi connectivity index (χ1v) is 16.2. The Morgan fingerprint density at radius 3 is 2.20 bits per heavy atom. The van der Waals surface area contributed by atoms with Crippen LogP contribution in [-0.2, 0) is 18.3 Å². The molecule has 0 N–H and O–H groups in total. The van der Waals surface area contributed by atoms with Crippen molar-refractivity contribution < 1.29 is 4.39 Å². The molecule has 228 valence electrons. The van der Waals surface area contributed by atoms with E-state index in [4.69, 9.17) is 9.97 Å². The van der Waals surface area contributed by atoms with Crippen molar-refractivity contribution in [1.82, 2.24) is 14.5 Å². The predicted octanol–water partition coefficient (Wildman–Crippen LogP) is 10.9. The van der Waals surface area contributed by atoms with E-state index in [0.29, 0.717) is 0 Å². The summed E-state index contributed by atoms with van der Waals surface area (Å²) in [5, 5.41) is 0. The number of fused-ring (bicyclic) bond motifs is 1. The van der Waals surface area contributed by atoms with Crippen LogP contribution in [-0.4, -0.2) is 20.7 Å². The van der Waals surface area contributed by atoms with Crippen LogP contribution in [0.1, 0.15) is 82.7 Å². The Hall–Kier alpha value is -4.05. The molecular formula is C40H46FN3. The van der Waals surface area contributed by atoms with Gasteiger partial charge < -0.3 is 0 Å². The Morgan fingerprint density at radius 2 is 1.48 bits per heavy atom. The number of imidazole rings is 1. The molecular weight excluding hydrogens is 541 g/mol. The van der Waals surface area contributed by atoms with Gasteiger partial charge in [-0.25, -0.2) is 9.37 Å². The zero-order valence-corrected chi connectivity index (χ0v) is 27.2. The molecule has 0 amide bonds. The van der Waals surface area contributed by atoms with Crippen LogP contribution >= 0.6 is 0 Å². The number of unbranched alkanes of at least 4 members (excludes halogenated alkanes) is 1. The lowest BCUT2D eigenvalue weighted by Crippen LogP contribution is -2.28. The third-order valence-corrected chi connectivity index (χ3v) is 9.04. The zero-order valence-electron chi connectivity index (χ0n) is 27.2.